The minimum Gasteiger partial charge on any atom is -0.480 e. The Balaban J connectivity index is 4.60. The smallest absolute Gasteiger partial charge is 0.317 e. The molecule has 0 aromatic carbocycles. The van der Waals surface area contributed by atoms with E-state index in [0.717, 1.165) is 4.90 Å². The van der Waals surface area contributed by atoms with Crippen LogP contribution in [-0.2, 0) is 9.59 Å². The lowest BCUT2D eigenvalue weighted by Gasteiger charge is -2.28. The van der Waals surface area contributed by atoms with Crippen LogP contribution < -0.4 is 0 Å². The van der Waals surface area contributed by atoms with Crippen LogP contribution in [0.5, 0.6) is 0 Å². The summed E-state index contributed by atoms with van der Waals surface area (Å²) in [6.07, 6.45) is -7.12. The van der Waals surface area contributed by atoms with Gasteiger partial charge >= 0.3 is 11.9 Å². The lowest BCUT2D eigenvalue weighted by molar-refractivity contribution is -0.145. The molecule has 0 aromatic rings. The van der Waals surface area contributed by atoms with Gasteiger partial charge in [0.2, 0.25) is 0 Å². The number of carboxylic acid groups (broad SMARTS) is 2. The van der Waals surface area contributed by atoms with Crippen LogP contribution in [0.2, 0.25) is 0 Å². The summed E-state index contributed by atoms with van der Waals surface area (Å²) in [7, 11) is 0. The van der Waals surface area contributed by atoms with E-state index in [1.54, 1.807) is 0 Å². The van der Waals surface area contributed by atoms with Gasteiger partial charge in [-0.15, -0.1) is 0 Å². The van der Waals surface area contributed by atoms with Gasteiger partial charge in [0.1, 0.15) is 18.3 Å². The number of hydrogen-bond acceptors (Lipinski definition) is 8. The van der Waals surface area contributed by atoms with Crippen molar-refractivity contribution in [3.8, 4) is 0 Å². The van der Waals surface area contributed by atoms with E-state index in [1.807, 2.05) is 0 Å². The molecule has 10 heteroatoms. The van der Waals surface area contributed by atoms with E-state index < -0.39 is 62.6 Å². The second-order valence-electron chi connectivity index (χ2n) is 4.26. The van der Waals surface area contributed by atoms with Crippen LogP contribution in [0.15, 0.2) is 0 Å². The number of nitrogens with zero attached hydrogens (tertiary/aromatic N) is 1. The predicted molar refractivity (Wildman–Crippen MR) is 62.8 cm³/mol. The Morgan fingerprint density at radius 3 is 1.60 bits per heavy atom. The summed E-state index contributed by atoms with van der Waals surface area (Å²) in [5, 5.41) is 63.3. The lowest BCUT2D eigenvalue weighted by atomic mass is 10.0. The highest BCUT2D eigenvalue weighted by Gasteiger charge is 2.31. The van der Waals surface area contributed by atoms with E-state index in [0.29, 0.717) is 0 Å². The largest absolute Gasteiger partial charge is 0.480 e. The number of aliphatic hydroxyl groups is 5. The van der Waals surface area contributed by atoms with Gasteiger partial charge in [-0.2, -0.15) is 0 Å². The fraction of sp³-hybridized carbons (Fsp3) is 0.800. The minimum absolute atomic E-state index is 0.547. The average Bonchev–Trinajstić information content (AvgIpc) is 2.34. The quantitative estimate of drug-likeness (QED) is 0.209. The van der Waals surface area contributed by atoms with E-state index in [2.05, 4.69) is 0 Å². The highest BCUT2D eigenvalue weighted by molar-refractivity contribution is 5.72. The Morgan fingerprint density at radius 1 is 0.850 bits per heavy atom. The number of aliphatic hydroxyl groups excluding tert-OH is 5. The Morgan fingerprint density at radius 2 is 1.25 bits per heavy atom. The fourth-order valence-corrected chi connectivity index (χ4v) is 1.50. The molecule has 0 saturated heterocycles. The SMILES string of the molecule is O=C(O)CN(CC(=O)O)CC(O)C(O)C(O)C(O)CO. The van der Waals surface area contributed by atoms with Gasteiger partial charge in [0.25, 0.3) is 0 Å². The molecule has 0 aliphatic heterocycles. The van der Waals surface area contributed by atoms with Gasteiger partial charge in [0.05, 0.1) is 25.8 Å². The molecule has 0 aromatic heterocycles. The molecule has 0 spiro atoms. The Hall–Kier alpha value is -1.30. The van der Waals surface area contributed by atoms with Crippen molar-refractivity contribution >= 4 is 11.9 Å². The van der Waals surface area contributed by atoms with Crippen molar-refractivity contribution in [1.82, 2.24) is 4.90 Å². The summed E-state index contributed by atoms with van der Waals surface area (Å²) >= 11 is 0. The first-order chi connectivity index (χ1) is 9.18. The highest BCUT2D eigenvalue weighted by atomic mass is 16.4. The van der Waals surface area contributed by atoms with Crippen molar-refractivity contribution in [1.29, 1.82) is 0 Å². The molecule has 0 aliphatic rings. The van der Waals surface area contributed by atoms with Gasteiger partial charge in [0, 0.05) is 6.54 Å². The molecule has 0 fully saturated rings. The molecule has 10 nitrogen and oxygen atoms in total. The maximum absolute atomic E-state index is 10.5. The van der Waals surface area contributed by atoms with Crippen molar-refractivity contribution in [2.24, 2.45) is 0 Å². The summed E-state index contributed by atoms with van der Waals surface area (Å²) in [5.74, 6) is -2.66. The topological polar surface area (TPSA) is 179 Å². The first-order valence-electron chi connectivity index (χ1n) is 5.68. The van der Waals surface area contributed by atoms with Gasteiger partial charge in [0.15, 0.2) is 0 Å². The molecular weight excluding hydrogens is 278 g/mol. The molecule has 4 atom stereocenters. The second kappa shape index (κ2) is 8.79. The molecule has 0 heterocycles. The van der Waals surface area contributed by atoms with Crippen molar-refractivity contribution in [2.75, 3.05) is 26.2 Å². The number of carbonyl (C=O) groups is 2. The van der Waals surface area contributed by atoms with E-state index in [1.165, 1.54) is 0 Å². The van der Waals surface area contributed by atoms with Gasteiger partial charge < -0.3 is 35.7 Å². The first kappa shape index (κ1) is 18.7. The maximum Gasteiger partial charge on any atom is 0.317 e. The van der Waals surface area contributed by atoms with Gasteiger partial charge in [-0.05, 0) is 0 Å². The predicted octanol–water partition coefficient (Wildman–Crippen LogP) is -4.11. The van der Waals surface area contributed by atoms with Gasteiger partial charge in [-0.25, -0.2) is 0 Å². The minimum atomic E-state index is -1.87. The normalized spacial score (nSPS) is 17.5. The van der Waals surface area contributed by atoms with Crippen LogP contribution >= 0.6 is 0 Å². The molecule has 0 bridgehead atoms. The summed E-state index contributed by atoms with van der Waals surface area (Å²) in [4.78, 5) is 21.9. The van der Waals surface area contributed by atoms with Crippen LogP contribution in [0, 0.1) is 0 Å². The summed E-state index contributed by atoms with van der Waals surface area (Å²) in [5.41, 5.74) is 0. The van der Waals surface area contributed by atoms with Crippen LogP contribution in [0.1, 0.15) is 0 Å². The third-order valence-corrected chi connectivity index (χ3v) is 2.49. The standard InChI is InChI=1S/C10H19NO9/c12-4-6(14)10(20)9(19)5(13)1-11(2-7(15)16)3-8(17)18/h5-6,9-10,12-14,19-20H,1-4H2,(H,15,16)(H,17,18). The van der Waals surface area contributed by atoms with Crippen molar-refractivity contribution in [3.63, 3.8) is 0 Å². The van der Waals surface area contributed by atoms with Gasteiger partial charge in [-0.1, -0.05) is 0 Å². The molecule has 0 saturated carbocycles. The van der Waals surface area contributed by atoms with Crippen LogP contribution in [-0.4, -0.2) is 103 Å². The Bertz CT molecular complexity index is 308. The summed E-state index contributed by atoms with van der Waals surface area (Å²) in [6.45, 7) is -2.77. The molecule has 118 valence electrons. The Labute approximate surface area is 114 Å². The molecule has 4 unspecified atom stereocenters. The van der Waals surface area contributed by atoms with E-state index in [-0.39, 0.29) is 0 Å². The first-order valence-corrected chi connectivity index (χ1v) is 5.68. The zero-order valence-electron chi connectivity index (χ0n) is 10.5. The number of carboxylic acids is 2. The summed E-state index contributed by atoms with van der Waals surface area (Å²) in [6, 6.07) is 0. The molecule has 7 N–H and O–H groups in total. The monoisotopic (exact) mass is 297 g/mol. The molecule has 0 rings (SSSR count). The molecule has 0 amide bonds. The molecular formula is C10H19NO9. The van der Waals surface area contributed by atoms with E-state index in [4.69, 9.17) is 20.4 Å². The lowest BCUT2D eigenvalue weighted by Crippen LogP contribution is -2.51. The number of aliphatic carboxylic acids is 2. The van der Waals surface area contributed by atoms with Crippen molar-refractivity contribution in [2.45, 2.75) is 24.4 Å². The average molecular weight is 297 g/mol. The molecule has 0 radical (unpaired) electrons. The van der Waals surface area contributed by atoms with Crippen LogP contribution in [0.3, 0.4) is 0 Å². The zero-order chi connectivity index (χ0) is 15.9. The molecule has 0 aliphatic carbocycles. The third kappa shape index (κ3) is 6.75. The number of rotatable bonds is 10. The number of hydrogen-bond donors (Lipinski definition) is 7. The second-order valence-corrected chi connectivity index (χ2v) is 4.26. The Kier molecular flexibility index (Phi) is 8.22. The van der Waals surface area contributed by atoms with Crippen LogP contribution in [0.25, 0.3) is 0 Å². The highest BCUT2D eigenvalue weighted by Crippen LogP contribution is 2.07. The van der Waals surface area contributed by atoms with Gasteiger partial charge in [-0.3, -0.25) is 14.5 Å². The van der Waals surface area contributed by atoms with E-state index in [9.17, 15) is 24.9 Å². The van der Waals surface area contributed by atoms with E-state index >= 15 is 0 Å². The maximum atomic E-state index is 10.5. The fourth-order valence-electron chi connectivity index (χ4n) is 1.50. The third-order valence-electron chi connectivity index (χ3n) is 2.49. The summed E-state index contributed by atoms with van der Waals surface area (Å²) < 4.78 is 0. The van der Waals surface area contributed by atoms with Crippen molar-refractivity contribution < 1.29 is 45.3 Å². The van der Waals surface area contributed by atoms with Crippen molar-refractivity contribution in [3.05, 3.63) is 0 Å². The zero-order valence-corrected chi connectivity index (χ0v) is 10.5. The van der Waals surface area contributed by atoms with Crippen LogP contribution in [0.4, 0.5) is 0 Å². The molecule has 20 heavy (non-hydrogen) atoms.